The SMILES string of the molecule is CN(C)CCNC(=O)CC1NCCN(CC2CCCO2)C1=O.Cl. The first-order valence-corrected chi connectivity index (χ1v) is 8.11. The number of carbonyl (C=O) groups is 2. The molecular formula is C15H29ClN4O3. The molecule has 2 saturated heterocycles. The van der Waals surface area contributed by atoms with Crippen molar-refractivity contribution in [2.75, 3.05) is 53.4 Å². The van der Waals surface area contributed by atoms with E-state index in [9.17, 15) is 9.59 Å². The van der Waals surface area contributed by atoms with Crippen LogP contribution in [0.1, 0.15) is 19.3 Å². The first kappa shape index (κ1) is 20.2. The number of amides is 2. The summed E-state index contributed by atoms with van der Waals surface area (Å²) in [6.45, 7) is 4.27. The second kappa shape index (κ2) is 10.1. The molecule has 0 bridgehead atoms. The van der Waals surface area contributed by atoms with Crippen LogP contribution in [0.15, 0.2) is 0 Å². The predicted molar refractivity (Wildman–Crippen MR) is 90.8 cm³/mol. The van der Waals surface area contributed by atoms with Crippen LogP contribution in [0, 0.1) is 0 Å². The molecule has 2 rings (SSSR count). The van der Waals surface area contributed by atoms with E-state index in [-0.39, 0.29) is 36.7 Å². The predicted octanol–water partition coefficient (Wildman–Crippen LogP) is -0.544. The molecule has 0 aromatic heterocycles. The number of ether oxygens (including phenoxy) is 1. The fourth-order valence-corrected chi connectivity index (χ4v) is 2.84. The zero-order chi connectivity index (χ0) is 15.9. The highest BCUT2D eigenvalue weighted by Gasteiger charge is 2.32. The van der Waals surface area contributed by atoms with E-state index in [1.807, 2.05) is 23.9 Å². The Morgan fingerprint density at radius 1 is 1.48 bits per heavy atom. The molecule has 2 aliphatic rings. The van der Waals surface area contributed by atoms with Gasteiger partial charge in [-0.1, -0.05) is 0 Å². The molecule has 134 valence electrons. The summed E-state index contributed by atoms with van der Waals surface area (Å²) in [6, 6.07) is -0.408. The molecule has 2 fully saturated rings. The van der Waals surface area contributed by atoms with Gasteiger partial charge in [0.05, 0.1) is 18.6 Å². The number of hydrogen-bond acceptors (Lipinski definition) is 5. The third-order valence-corrected chi connectivity index (χ3v) is 4.10. The third kappa shape index (κ3) is 6.63. The highest BCUT2D eigenvalue weighted by molar-refractivity contribution is 5.88. The van der Waals surface area contributed by atoms with E-state index in [0.717, 1.165) is 32.5 Å². The van der Waals surface area contributed by atoms with Crippen molar-refractivity contribution in [1.82, 2.24) is 20.4 Å². The molecule has 2 atom stereocenters. The number of piperazine rings is 1. The number of nitrogens with one attached hydrogen (secondary N) is 2. The van der Waals surface area contributed by atoms with E-state index in [1.54, 1.807) is 0 Å². The first-order valence-electron chi connectivity index (χ1n) is 8.11. The number of likely N-dealkylation sites (N-methyl/N-ethyl adjacent to an activating group) is 1. The second-order valence-electron chi connectivity index (χ2n) is 6.28. The molecule has 0 saturated carbocycles. The minimum absolute atomic E-state index is 0. The van der Waals surface area contributed by atoms with Gasteiger partial charge < -0.3 is 25.2 Å². The summed E-state index contributed by atoms with van der Waals surface area (Å²) in [4.78, 5) is 28.2. The molecule has 0 aromatic rings. The summed E-state index contributed by atoms with van der Waals surface area (Å²) in [5.74, 6) is -0.0591. The Bertz CT molecular complexity index is 389. The molecular weight excluding hydrogens is 320 g/mol. The van der Waals surface area contributed by atoms with Gasteiger partial charge in [-0.05, 0) is 26.9 Å². The largest absolute Gasteiger partial charge is 0.376 e. The van der Waals surface area contributed by atoms with Gasteiger partial charge in [-0.25, -0.2) is 0 Å². The van der Waals surface area contributed by atoms with Gasteiger partial charge in [0.15, 0.2) is 0 Å². The van der Waals surface area contributed by atoms with Crippen LogP contribution in [-0.4, -0.2) is 87.2 Å². The van der Waals surface area contributed by atoms with E-state index < -0.39 is 6.04 Å². The summed E-state index contributed by atoms with van der Waals surface area (Å²) < 4.78 is 5.60. The van der Waals surface area contributed by atoms with Crippen LogP contribution in [0.3, 0.4) is 0 Å². The molecule has 2 amide bonds. The van der Waals surface area contributed by atoms with Crippen molar-refractivity contribution in [3.05, 3.63) is 0 Å². The van der Waals surface area contributed by atoms with Crippen LogP contribution >= 0.6 is 12.4 Å². The average molecular weight is 349 g/mol. The maximum atomic E-state index is 12.5. The maximum Gasteiger partial charge on any atom is 0.240 e. The van der Waals surface area contributed by atoms with Crippen molar-refractivity contribution >= 4 is 24.2 Å². The van der Waals surface area contributed by atoms with E-state index in [2.05, 4.69) is 10.6 Å². The van der Waals surface area contributed by atoms with Crippen LogP contribution in [0.2, 0.25) is 0 Å². The minimum atomic E-state index is -0.408. The Morgan fingerprint density at radius 2 is 2.26 bits per heavy atom. The molecule has 2 aliphatic heterocycles. The number of rotatable bonds is 7. The minimum Gasteiger partial charge on any atom is -0.376 e. The van der Waals surface area contributed by atoms with E-state index in [1.165, 1.54) is 0 Å². The Hall–Kier alpha value is -0.890. The van der Waals surface area contributed by atoms with Crippen molar-refractivity contribution in [2.45, 2.75) is 31.4 Å². The number of halogens is 1. The van der Waals surface area contributed by atoms with Gasteiger partial charge in [0.25, 0.3) is 0 Å². The van der Waals surface area contributed by atoms with Gasteiger partial charge in [-0.2, -0.15) is 0 Å². The maximum absolute atomic E-state index is 12.5. The zero-order valence-electron chi connectivity index (χ0n) is 14.0. The highest BCUT2D eigenvalue weighted by Crippen LogP contribution is 2.15. The number of nitrogens with zero attached hydrogens (tertiary/aromatic N) is 2. The summed E-state index contributed by atoms with van der Waals surface area (Å²) in [7, 11) is 3.92. The van der Waals surface area contributed by atoms with Crippen molar-refractivity contribution in [3.8, 4) is 0 Å². The normalized spacial score (nSPS) is 24.7. The van der Waals surface area contributed by atoms with Gasteiger partial charge >= 0.3 is 0 Å². The van der Waals surface area contributed by atoms with Gasteiger partial charge in [-0.3, -0.25) is 9.59 Å². The fraction of sp³-hybridized carbons (Fsp3) is 0.867. The fourth-order valence-electron chi connectivity index (χ4n) is 2.84. The summed E-state index contributed by atoms with van der Waals surface area (Å²) in [6.07, 6.45) is 2.46. The quantitative estimate of drug-likeness (QED) is 0.646. The molecule has 0 radical (unpaired) electrons. The van der Waals surface area contributed by atoms with Crippen molar-refractivity contribution in [2.24, 2.45) is 0 Å². The van der Waals surface area contributed by atoms with Crippen molar-refractivity contribution < 1.29 is 14.3 Å². The molecule has 0 aromatic carbocycles. The molecule has 8 heteroatoms. The van der Waals surface area contributed by atoms with Crippen LogP contribution in [0.4, 0.5) is 0 Å². The smallest absolute Gasteiger partial charge is 0.240 e. The van der Waals surface area contributed by atoms with Gasteiger partial charge in [0.1, 0.15) is 0 Å². The number of hydrogen-bond donors (Lipinski definition) is 2. The summed E-state index contributed by atoms with van der Waals surface area (Å²) in [5, 5.41) is 6.00. The standard InChI is InChI=1S/C15H28N4O3.ClH/c1-18(2)7-5-17-14(20)10-13-15(21)19(8-6-16-13)11-12-4-3-9-22-12;/h12-13,16H,3-11H2,1-2H3,(H,17,20);1H. The van der Waals surface area contributed by atoms with Crippen molar-refractivity contribution in [1.29, 1.82) is 0 Å². The number of carbonyl (C=O) groups excluding carboxylic acids is 2. The van der Waals surface area contributed by atoms with Crippen LogP contribution < -0.4 is 10.6 Å². The lowest BCUT2D eigenvalue weighted by Crippen LogP contribution is -2.57. The molecule has 2 N–H and O–H groups in total. The first-order chi connectivity index (χ1) is 10.6. The molecule has 0 aliphatic carbocycles. The molecule has 0 spiro atoms. The van der Waals surface area contributed by atoms with Crippen LogP contribution in [-0.2, 0) is 14.3 Å². The van der Waals surface area contributed by atoms with E-state index >= 15 is 0 Å². The Balaban J connectivity index is 0.00000264. The topological polar surface area (TPSA) is 73.9 Å². The molecule has 7 nitrogen and oxygen atoms in total. The Labute approximate surface area is 144 Å². The van der Waals surface area contributed by atoms with Gasteiger partial charge in [0.2, 0.25) is 11.8 Å². The molecule has 2 unspecified atom stereocenters. The van der Waals surface area contributed by atoms with E-state index in [4.69, 9.17) is 4.74 Å². The molecule has 23 heavy (non-hydrogen) atoms. The third-order valence-electron chi connectivity index (χ3n) is 4.10. The molecule has 2 heterocycles. The summed E-state index contributed by atoms with van der Waals surface area (Å²) >= 11 is 0. The van der Waals surface area contributed by atoms with Gasteiger partial charge in [-0.15, -0.1) is 12.4 Å². The summed E-state index contributed by atoms with van der Waals surface area (Å²) in [5.41, 5.74) is 0. The lowest BCUT2D eigenvalue weighted by molar-refractivity contribution is -0.139. The van der Waals surface area contributed by atoms with Crippen LogP contribution in [0.5, 0.6) is 0 Å². The lowest BCUT2D eigenvalue weighted by Gasteiger charge is -2.34. The second-order valence-corrected chi connectivity index (χ2v) is 6.28. The zero-order valence-corrected chi connectivity index (χ0v) is 14.9. The lowest BCUT2D eigenvalue weighted by atomic mass is 10.1. The highest BCUT2D eigenvalue weighted by atomic mass is 35.5. The average Bonchev–Trinajstić information content (AvgIpc) is 2.96. The van der Waals surface area contributed by atoms with Crippen LogP contribution in [0.25, 0.3) is 0 Å². The van der Waals surface area contributed by atoms with E-state index in [0.29, 0.717) is 19.6 Å². The van der Waals surface area contributed by atoms with Gasteiger partial charge in [0, 0.05) is 39.3 Å². The van der Waals surface area contributed by atoms with Crippen molar-refractivity contribution in [3.63, 3.8) is 0 Å². The Morgan fingerprint density at radius 3 is 2.91 bits per heavy atom. The Kier molecular flexibility index (Phi) is 8.83. The monoisotopic (exact) mass is 348 g/mol.